The molecule has 2 aliphatic rings. The number of allylic oxidation sites excluding steroid dienone is 4. The van der Waals surface area contributed by atoms with Crippen molar-refractivity contribution in [1.82, 2.24) is 15.0 Å². The van der Waals surface area contributed by atoms with Crippen molar-refractivity contribution in [2.75, 3.05) is 0 Å². The van der Waals surface area contributed by atoms with Crippen molar-refractivity contribution in [2.45, 2.75) is 45.4 Å². The number of hydrogen-bond donors (Lipinski definition) is 0. The molecule has 7 aromatic rings. The van der Waals surface area contributed by atoms with Crippen LogP contribution in [0.3, 0.4) is 0 Å². The summed E-state index contributed by atoms with van der Waals surface area (Å²) < 4.78 is 0. The fraction of sp³-hybridized carbons (Fsp3) is 0.152. The van der Waals surface area contributed by atoms with Gasteiger partial charge in [-0.15, -0.1) is 0 Å². The van der Waals surface area contributed by atoms with Gasteiger partial charge in [-0.2, -0.15) is 0 Å². The quantitative estimate of drug-likeness (QED) is 0.181. The molecule has 236 valence electrons. The molecule has 2 aromatic heterocycles. The van der Waals surface area contributed by atoms with Crippen LogP contribution < -0.4 is 0 Å². The molecule has 3 heteroatoms. The first-order chi connectivity index (χ1) is 24.0. The molecule has 0 saturated carbocycles. The van der Waals surface area contributed by atoms with Crippen molar-refractivity contribution in [1.29, 1.82) is 0 Å². The lowest BCUT2D eigenvalue weighted by atomic mass is 9.80. The number of fused-ring (bicyclic) bond motifs is 5. The molecule has 0 radical (unpaired) electrons. The molecule has 0 spiro atoms. The molecule has 3 nitrogen and oxygen atoms in total. The van der Waals surface area contributed by atoms with E-state index in [4.69, 9.17) is 15.0 Å². The van der Waals surface area contributed by atoms with Crippen LogP contribution in [0.4, 0.5) is 0 Å². The van der Waals surface area contributed by atoms with Crippen LogP contribution in [0.5, 0.6) is 0 Å². The summed E-state index contributed by atoms with van der Waals surface area (Å²) in [7, 11) is 0. The number of aryl methyl sites for hydroxylation is 2. The van der Waals surface area contributed by atoms with Crippen molar-refractivity contribution in [3.8, 4) is 33.6 Å². The van der Waals surface area contributed by atoms with Gasteiger partial charge in [0.1, 0.15) is 0 Å². The van der Waals surface area contributed by atoms with Crippen LogP contribution in [0.1, 0.15) is 59.1 Å². The van der Waals surface area contributed by atoms with E-state index in [2.05, 4.69) is 147 Å². The smallest absolute Gasteiger partial charge is 0.156 e. The molecule has 0 aliphatic heterocycles. The molecule has 0 bridgehead atoms. The molecular weight excluding hydrogens is 595 g/mol. The van der Waals surface area contributed by atoms with Gasteiger partial charge < -0.3 is 0 Å². The van der Waals surface area contributed by atoms with Crippen molar-refractivity contribution in [3.05, 3.63) is 167 Å². The third-order valence-electron chi connectivity index (χ3n) is 10.5. The topological polar surface area (TPSA) is 38.7 Å². The van der Waals surface area contributed by atoms with Crippen LogP contribution in [-0.4, -0.2) is 15.0 Å². The highest BCUT2D eigenvalue weighted by molar-refractivity contribution is 6.03. The van der Waals surface area contributed by atoms with Gasteiger partial charge in [0.15, 0.2) is 5.82 Å². The maximum absolute atomic E-state index is 5.48. The van der Waals surface area contributed by atoms with Crippen LogP contribution >= 0.6 is 0 Å². The standard InChI is InChI=1S/C46H37N3/c1-28-24-42-44(35-16-10-14-31(26-35)38-23-22-29(2)47-30(38)3)48-46(49-45(42)41-21-9-8-18-37(28)41)36-17-11-15-34(27-36)43-39-19-6-4-12-32(39)25-33-13-5-7-20-40(33)43/h4-23,25-26,28,34H,24,27H2,1-3H3. The highest BCUT2D eigenvalue weighted by atomic mass is 14.9. The number of nitrogens with zero attached hydrogens (tertiary/aromatic N) is 3. The van der Waals surface area contributed by atoms with Gasteiger partial charge in [0.2, 0.25) is 0 Å². The average molecular weight is 632 g/mol. The molecule has 0 saturated heterocycles. The minimum Gasteiger partial charge on any atom is -0.258 e. The monoisotopic (exact) mass is 631 g/mol. The largest absolute Gasteiger partial charge is 0.258 e. The summed E-state index contributed by atoms with van der Waals surface area (Å²) >= 11 is 0. The number of rotatable bonds is 4. The van der Waals surface area contributed by atoms with Gasteiger partial charge in [-0.05, 0) is 94.6 Å². The lowest BCUT2D eigenvalue weighted by Crippen LogP contribution is -2.15. The summed E-state index contributed by atoms with van der Waals surface area (Å²) in [5, 5.41) is 5.17. The molecule has 2 heterocycles. The van der Waals surface area contributed by atoms with E-state index < -0.39 is 0 Å². The Morgan fingerprint density at radius 1 is 0.612 bits per heavy atom. The van der Waals surface area contributed by atoms with E-state index in [9.17, 15) is 0 Å². The summed E-state index contributed by atoms with van der Waals surface area (Å²) in [5.41, 5.74) is 13.9. The zero-order chi connectivity index (χ0) is 33.1. The van der Waals surface area contributed by atoms with Crippen molar-refractivity contribution in [3.63, 3.8) is 0 Å². The van der Waals surface area contributed by atoms with Crippen molar-refractivity contribution >= 4 is 27.1 Å². The summed E-state index contributed by atoms with van der Waals surface area (Å²) in [5.74, 6) is 1.40. The number of hydrogen-bond acceptors (Lipinski definition) is 3. The second-order valence-corrected chi connectivity index (χ2v) is 13.7. The Bertz CT molecular complexity index is 2450. The van der Waals surface area contributed by atoms with Gasteiger partial charge in [0.05, 0.1) is 11.4 Å². The Morgan fingerprint density at radius 3 is 2.12 bits per heavy atom. The maximum atomic E-state index is 5.48. The van der Waals surface area contributed by atoms with Crippen LogP contribution in [0.25, 0.3) is 60.8 Å². The second-order valence-electron chi connectivity index (χ2n) is 13.7. The Hall–Kier alpha value is -5.67. The summed E-state index contributed by atoms with van der Waals surface area (Å²) in [6, 6.07) is 41.8. The van der Waals surface area contributed by atoms with E-state index in [1.807, 2.05) is 6.92 Å². The number of benzene rings is 5. The van der Waals surface area contributed by atoms with Gasteiger partial charge in [-0.3, -0.25) is 4.98 Å². The zero-order valence-corrected chi connectivity index (χ0v) is 28.1. The van der Waals surface area contributed by atoms with Gasteiger partial charge in [0, 0.05) is 39.6 Å². The molecule has 2 aliphatic carbocycles. The molecule has 9 rings (SSSR count). The first-order valence-corrected chi connectivity index (χ1v) is 17.4. The molecule has 0 amide bonds. The molecule has 5 aromatic carbocycles. The third-order valence-corrected chi connectivity index (χ3v) is 10.5. The molecule has 0 N–H and O–H groups in total. The van der Waals surface area contributed by atoms with Gasteiger partial charge in [-0.25, -0.2) is 9.97 Å². The summed E-state index contributed by atoms with van der Waals surface area (Å²) in [6.07, 6.45) is 8.53. The van der Waals surface area contributed by atoms with E-state index in [1.54, 1.807) is 0 Å². The third kappa shape index (κ3) is 5.09. The van der Waals surface area contributed by atoms with Gasteiger partial charge in [0.25, 0.3) is 0 Å². The van der Waals surface area contributed by atoms with Crippen LogP contribution in [-0.2, 0) is 6.42 Å². The number of pyridine rings is 1. The summed E-state index contributed by atoms with van der Waals surface area (Å²) in [6.45, 7) is 6.46. The average Bonchev–Trinajstić information content (AvgIpc) is 3.14. The second kappa shape index (κ2) is 11.8. The van der Waals surface area contributed by atoms with Gasteiger partial charge >= 0.3 is 0 Å². The summed E-state index contributed by atoms with van der Waals surface area (Å²) in [4.78, 5) is 15.7. The van der Waals surface area contributed by atoms with Crippen molar-refractivity contribution < 1.29 is 0 Å². The van der Waals surface area contributed by atoms with Gasteiger partial charge in [-0.1, -0.05) is 122 Å². The maximum Gasteiger partial charge on any atom is 0.156 e. The van der Waals surface area contributed by atoms with E-state index in [0.29, 0.717) is 5.92 Å². The zero-order valence-electron chi connectivity index (χ0n) is 28.1. The Balaban J connectivity index is 1.20. The van der Waals surface area contributed by atoms with Crippen LogP contribution in [0, 0.1) is 13.8 Å². The first kappa shape index (κ1) is 29.5. The Labute approximate surface area is 287 Å². The molecule has 2 unspecified atom stereocenters. The van der Waals surface area contributed by atoms with E-state index >= 15 is 0 Å². The fourth-order valence-electron chi connectivity index (χ4n) is 8.16. The highest BCUT2D eigenvalue weighted by Gasteiger charge is 2.29. The normalized spacial score (nSPS) is 16.8. The molecular formula is C46H37N3. The lowest BCUT2D eigenvalue weighted by Gasteiger charge is -2.28. The first-order valence-electron chi connectivity index (χ1n) is 17.4. The Kier molecular flexibility index (Phi) is 7.09. The molecule has 49 heavy (non-hydrogen) atoms. The van der Waals surface area contributed by atoms with E-state index in [-0.39, 0.29) is 5.92 Å². The predicted molar refractivity (Wildman–Crippen MR) is 204 cm³/mol. The lowest BCUT2D eigenvalue weighted by molar-refractivity contribution is 0.740. The van der Waals surface area contributed by atoms with Crippen molar-refractivity contribution in [2.24, 2.45) is 0 Å². The van der Waals surface area contributed by atoms with Crippen LogP contribution in [0.2, 0.25) is 0 Å². The van der Waals surface area contributed by atoms with Crippen LogP contribution in [0.15, 0.2) is 133 Å². The fourth-order valence-corrected chi connectivity index (χ4v) is 8.16. The Morgan fingerprint density at radius 2 is 1.33 bits per heavy atom. The molecule has 2 atom stereocenters. The SMILES string of the molecule is Cc1ccc(-c2cccc(-c3nc(C4=CC=CC(c5c6ccccc6cc6ccccc56)C4)nc4c3CC(C)c3ccccc3-4)c2)c(C)n1. The predicted octanol–water partition coefficient (Wildman–Crippen LogP) is 11.6. The minimum atomic E-state index is 0.201. The highest BCUT2D eigenvalue weighted by Crippen LogP contribution is 2.45. The number of aromatic nitrogens is 3. The minimum absolute atomic E-state index is 0.201. The van der Waals surface area contributed by atoms with E-state index in [1.165, 1.54) is 49.4 Å². The van der Waals surface area contributed by atoms with E-state index in [0.717, 1.165) is 58.1 Å². The molecule has 0 fully saturated rings.